The second-order valence-electron chi connectivity index (χ2n) is 15.6. The first kappa shape index (κ1) is 35.2. The van der Waals surface area contributed by atoms with Gasteiger partial charge >= 0.3 is 0 Å². The molecule has 0 aliphatic rings. The molecular weight excluding hydrogens is 759 g/mol. The van der Waals surface area contributed by atoms with E-state index in [-0.39, 0.29) is 0 Å². The quantitative estimate of drug-likeness (QED) is 0.157. The molecule has 12 aromatic rings. The molecule has 0 aliphatic heterocycles. The van der Waals surface area contributed by atoms with Gasteiger partial charge in [0.1, 0.15) is 0 Å². The van der Waals surface area contributed by atoms with Crippen molar-refractivity contribution >= 4 is 63.8 Å². The lowest BCUT2D eigenvalue weighted by molar-refractivity contribution is 1.07. The van der Waals surface area contributed by atoms with Crippen LogP contribution in [0.25, 0.3) is 120 Å². The van der Waals surface area contributed by atoms with Crippen molar-refractivity contribution < 1.29 is 0 Å². The third-order valence-corrected chi connectivity index (χ3v) is 13.0. The predicted octanol–water partition coefficient (Wildman–Crippen LogP) is 15.7. The average molecular weight is 794 g/mol. The van der Waals surface area contributed by atoms with Crippen LogP contribution in [0.5, 0.6) is 0 Å². The van der Waals surface area contributed by atoms with E-state index in [0.29, 0.717) is 17.5 Å². The number of nitrogens with zero attached hydrogens (tertiary/aromatic N) is 3. The average Bonchev–Trinajstić information content (AvgIpc) is 3.72. The SMILES string of the molecule is c1ccc(-c2cccc(-c3nc(-c4ccccc4)nc(-c4ccc5c(c4)sc4cc(-c6cccc(-c7ccc8c9ccccc9c9ccccc9c8c7)c6)ccc45)n3)c2)cc1. The molecule has 0 fully saturated rings. The number of thiophene rings is 1. The van der Waals surface area contributed by atoms with Gasteiger partial charge in [0.15, 0.2) is 17.5 Å². The molecule has 0 atom stereocenters. The molecule has 3 nitrogen and oxygen atoms in total. The van der Waals surface area contributed by atoms with E-state index in [4.69, 9.17) is 15.0 Å². The Labute approximate surface area is 356 Å². The summed E-state index contributed by atoms with van der Waals surface area (Å²) in [7, 11) is 0. The fraction of sp³-hybridized carbons (Fsp3) is 0. The van der Waals surface area contributed by atoms with Crippen molar-refractivity contribution in [3.05, 3.63) is 212 Å². The highest BCUT2D eigenvalue weighted by Gasteiger charge is 2.16. The Bertz CT molecular complexity index is 3610. The molecule has 61 heavy (non-hydrogen) atoms. The van der Waals surface area contributed by atoms with E-state index in [1.807, 2.05) is 35.6 Å². The van der Waals surface area contributed by atoms with Gasteiger partial charge in [0, 0.05) is 36.9 Å². The van der Waals surface area contributed by atoms with E-state index in [1.165, 1.54) is 74.7 Å². The van der Waals surface area contributed by atoms with Crippen LogP contribution in [0.4, 0.5) is 0 Å². The second-order valence-corrected chi connectivity index (χ2v) is 16.7. The van der Waals surface area contributed by atoms with E-state index in [0.717, 1.165) is 27.8 Å². The molecule has 2 heterocycles. The minimum absolute atomic E-state index is 0.649. The zero-order valence-corrected chi connectivity index (χ0v) is 33.8. The van der Waals surface area contributed by atoms with Crippen LogP contribution < -0.4 is 0 Å². The first-order valence-corrected chi connectivity index (χ1v) is 21.4. The molecule has 0 N–H and O–H groups in total. The highest BCUT2D eigenvalue weighted by atomic mass is 32.1. The predicted molar refractivity (Wildman–Crippen MR) is 258 cm³/mol. The van der Waals surface area contributed by atoms with Gasteiger partial charge in [-0.1, -0.05) is 182 Å². The Balaban J connectivity index is 0.917. The molecule has 0 spiro atoms. The van der Waals surface area contributed by atoms with Crippen molar-refractivity contribution in [2.45, 2.75) is 0 Å². The zero-order chi connectivity index (χ0) is 40.3. The molecular formula is C57H35N3S. The van der Waals surface area contributed by atoms with E-state index >= 15 is 0 Å². The van der Waals surface area contributed by atoms with Crippen LogP contribution in [0.2, 0.25) is 0 Å². The lowest BCUT2D eigenvalue weighted by Crippen LogP contribution is -2.00. The first-order chi connectivity index (χ1) is 30.2. The fourth-order valence-corrected chi connectivity index (χ4v) is 10.1. The van der Waals surface area contributed by atoms with Gasteiger partial charge in [-0.05, 0) is 96.0 Å². The molecule has 10 aromatic carbocycles. The van der Waals surface area contributed by atoms with E-state index in [9.17, 15) is 0 Å². The van der Waals surface area contributed by atoms with Crippen LogP contribution in [-0.4, -0.2) is 15.0 Å². The lowest BCUT2D eigenvalue weighted by atomic mass is 9.91. The van der Waals surface area contributed by atoms with Crippen molar-refractivity contribution in [1.29, 1.82) is 0 Å². The van der Waals surface area contributed by atoms with Crippen LogP contribution in [0.15, 0.2) is 212 Å². The standard InChI is InChI=1S/C57H35N3S/c1-3-13-36(14-4-1)38-17-12-20-43(32-38)56-58-55(37-15-5-2-6-16-37)59-57(60-56)44-27-30-51-50-29-26-42(34-53(50)61-54(51)35-44)40-19-11-18-39(31-40)41-25-28-49-47-23-8-7-21-45(47)46-22-9-10-24-48(46)52(49)33-41/h1-35H. The van der Waals surface area contributed by atoms with Gasteiger partial charge < -0.3 is 0 Å². The molecule has 0 radical (unpaired) electrons. The van der Waals surface area contributed by atoms with Gasteiger partial charge in [0.05, 0.1) is 0 Å². The molecule has 0 saturated carbocycles. The Morgan fingerprint density at radius 1 is 0.213 bits per heavy atom. The summed E-state index contributed by atoms with van der Waals surface area (Å²) in [5, 5.41) is 10.2. The number of fused-ring (bicyclic) bond motifs is 9. The minimum atomic E-state index is 0.649. The highest BCUT2D eigenvalue weighted by molar-refractivity contribution is 7.25. The van der Waals surface area contributed by atoms with Gasteiger partial charge in [-0.3, -0.25) is 0 Å². The molecule has 12 rings (SSSR count). The monoisotopic (exact) mass is 793 g/mol. The minimum Gasteiger partial charge on any atom is -0.208 e. The number of rotatable bonds is 6. The maximum Gasteiger partial charge on any atom is 0.164 e. The van der Waals surface area contributed by atoms with Crippen LogP contribution in [0, 0.1) is 0 Å². The van der Waals surface area contributed by atoms with Crippen molar-refractivity contribution in [3.63, 3.8) is 0 Å². The summed E-state index contributed by atoms with van der Waals surface area (Å²) in [6.45, 7) is 0. The maximum atomic E-state index is 5.11. The molecule has 0 aliphatic carbocycles. The normalized spacial score (nSPS) is 11.6. The largest absolute Gasteiger partial charge is 0.208 e. The van der Waals surface area contributed by atoms with Crippen LogP contribution >= 0.6 is 11.3 Å². The smallest absolute Gasteiger partial charge is 0.164 e. The van der Waals surface area contributed by atoms with Crippen LogP contribution in [0.3, 0.4) is 0 Å². The van der Waals surface area contributed by atoms with E-state index < -0.39 is 0 Å². The number of hydrogen-bond donors (Lipinski definition) is 0. The Morgan fingerprint density at radius 2 is 0.557 bits per heavy atom. The first-order valence-electron chi connectivity index (χ1n) is 20.6. The number of benzene rings is 10. The number of hydrogen-bond acceptors (Lipinski definition) is 4. The summed E-state index contributed by atoms with van der Waals surface area (Å²) in [6, 6.07) is 75.9. The van der Waals surface area contributed by atoms with Gasteiger partial charge in [0.2, 0.25) is 0 Å². The van der Waals surface area contributed by atoms with Gasteiger partial charge in [-0.15, -0.1) is 11.3 Å². The van der Waals surface area contributed by atoms with Crippen molar-refractivity contribution in [2.24, 2.45) is 0 Å². The Hall–Kier alpha value is -7.79. The number of aromatic nitrogens is 3. The molecule has 0 saturated heterocycles. The summed E-state index contributed by atoms with van der Waals surface area (Å²) in [4.78, 5) is 15.2. The summed E-state index contributed by atoms with van der Waals surface area (Å²) in [6.07, 6.45) is 0. The topological polar surface area (TPSA) is 38.7 Å². The fourth-order valence-electron chi connectivity index (χ4n) is 8.88. The van der Waals surface area contributed by atoms with Crippen molar-refractivity contribution in [1.82, 2.24) is 15.0 Å². The van der Waals surface area contributed by atoms with E-state index in [2.05, 4.69) is 188 Å². The van der Waals surface area contributed by atoms with Crippen LogP contribution in [0.1, 0.15) is 0 Å². The van der Waals surface area contributed by atoms with Crippen molar-refractivity contribution in [2.75, 3.05) is 0 Å². The molecule has 0 amide bonds. The second kappa shape index (κ2) is 14.5. The highest BCUT2D eigenvalue weighted by Crippen LogP contribution is 2.41. The summed E-state index contributed by atoms with van der Waals surface area (Å²) in [5.74, 6) is 1.95. The van der Waals surface area contributed by atoms with Crippen LogP contribution in [-0.2, 0) is 0 Å². The maximum absolute atomic E-state index is 5.11. The van der Waals surface area contributed by atoms with Gasteiger partial charge in [-0.25, -0.2) is 15.0 Å². The van der Waals surface area contributed by atoms with Crippen molar-refractivity contribution in [3.8, 4) is 67.5 Å². The Morgan fingerprint density at radius 3 is 1.15 bits per heavy atom. The Kier molecular flexibility index (Phi) is 8.36. The van der Waals surface area contributed by atoms with E-state index in [1.54, 1.807) is 0 Å². The third-order valence-electron chi connectivity index (χ3n) is 11.9. The summed E-state index contributed by atoms with van der Waals surface area (Å²) >= 11 is 1.81. The third kappa shape index (κ3) is 6.24. The zero-order valence-electron chi connectivity index (χ0n) is 33.0. The summed E-state index contributed by atoms with van der Waals surface area (Å²) in [5.41, 5.74) is 9.95. The molecule has 2 aromatic heterocycles. The summed E-state index contributed by atoms with van der Waals surface area (Å²) < 4.78 is 2.45. The van der Waals surface area contributed by atoms with Gasteiger partial charge in [0.25, 0.3) is 0 Å². The lowest BCUT2D eigenvalue weighted by Gasteiger charge is -2.12. The molecule has 4 heteroatoms. The van der Waals surface area contributed by atoms with Gasteiger partial charge in [-0.2, -0.15) is 0 Å². The molecule has 0 unspecified atom stereocenters. The molecule has 0 bridgehead atoms. The molecule has 284 valence electrons.